The number of rotatable bonds is 3. The average Bonchev–Trinajstić information content (AvgIpc) is 3.16. The molecule has 1 unspecified atom stereocenters. The lowest BCUT2D eigenvalue weighted by Crippen LogP contribution is -2.48. The van der Waals surface area contributed by atoms with Gasteiger partial charge >= 0.3 is 0 Å². The highest BCUT2D eigenvalue weighted by Crippen LogP contribution is 2.44. The summed E-state index contributed by atoms with van der Waals surface area (Å²) in [4.78, 5) is 33.1. The van der Waals surface area contributed by atoms with Crippen molar-refractivity contribution in [3.8, 4) is 11.4 Å². The maximum atomic E-state index is 13.1. The molecule has 5 rings (SSSR count). The van der Waals surface area contributed by atoms with Crippen LogP contribution in [0.1, 0.15) is 40.9 Å². The molecule has 0 bridgehead atoms. The van der Waals surface area contributed by atoms with Crippen molar-refractivity contribution in [2.75, 3.05) is 25.5 Å². The Morgan fingerprint density at radius 1 is 1.07 bits per heavy atom. The number of fused-ring (bicyclic) bond motifs is 2. The van der Waals surface area contributed by atoms with Gasteiger partial charge in [0.1, 0.15) is 0 Å². The number of carbonyl (C=O) groups is 1. The smallest absolute Gasteiger partial charge is 0.257 e. The Bertz CT molecular complexity index is 1060. The van der Waals surface area contributed by atoms with Gasteiger partial charge in [-0.15, -0.1) is 0 Å². The van der Waals surface area contributed by atoms with Gasteiger partial charge in [-0.05, 0) is 31.2 Å². The van der Waals surface area contributed by atoms with E-state index < -0.39 is 0 Å². The van der Waals surface area contributed by atoms with Crippen LogP contribution in [-0.4, -0.2) is 50.9 Å². The molecule has 1 saturated heterocycles. The second-order valence-electron chi connectivity index (χ2n) is 8.09. The van der Waals surface area contributed by atoms with E-state index >= 15 is 0 Å². The van der Waals surface area contributed by atoms with Gasteiger partial charge in [0.2, 0.25) is 5.95 Å². The van der Waals surface area contributed by atoms with E-state index in [1.54, 1.807) is 19.4 Å². The monoisotopic (exact) mass is 400 g/mol. The highest BCUT2D eigenvalue weighted by atomic mass is 16.2. The highest BCUT2D eigenvalue weighted by Gasteiger charge is 2.45. The minimum Gasteiger partial charge on any atom is -0.357 e. The summed E-state index contributed by atoms with van der Waals surface area (Å²) in [5, 5.41) is 2.88. The third-order valence-corrected chi connectivity index (χ3v) is 6.26. The molecule has 1 aliphatic carbocycles. The number of aryl methyl sites for hydroxylation is 1. The molecule has 0 saturated carbocycles. The molecule has 152 valence electrons. The molecule has 1 amide bonds. The maximum absolute atomic E-state index is 13.1. The van der Waals surface area contributed by atoms with Crippen molar-refractivity contribution < 1.29 is 4.79 Å². The van der Waals surface area contributed by atoms with Gasteiger partial charge in [-0.25, -0.2) is 19.9 Å². The van der Waals surface area contributed by atoms with Crippen LogP contribution in [0.2, 0.25) is 0 Å². The molecule has 3 heterocycles. The summed E-state index contributed by atoms with van der Waals surface area (Å²) in [6.07, 6.45) is 9.15. The number of aromatic nitrogens is 4. The van der Waals surface area contributed by atoms with Crippen LogP contribution >= 0.6 is 0 Å². The SMILES string of the molecule is CNc1ncc(C(=O)N2CCCC3(CCc4cnc(-c5ccccc5)nc43)C2)cn1. The summed E-state index contributed by atoms with van der Waals surface area (Å²) < 4.78 is 0. The Morgan fingerprint density at radius 3 is 2.63 bits per heavy atom. The number of hydrogen-bond donors (Lipinski definition) is 1. The molecule has 1 spiro atoms. The fraction of sp³-hybridized carbons (Fsp3) is 0.348. The highest BCUT2D eigenvalue weighted by molar-refractivity contribution is 5.93. The third kappa shape index (κ3) is 3.20. The lowest BCUT2D eigenvalue weighted by molar-refractivity contribution is 0.0632. The summed E-state index contributed by atoms with van der Waals surface area (Å²) in [6.45, 7) is 1.43. The standard InChI is InChI=1S/C23H24N6O/c1-24-22-26-13-18(14-27-22)21(30)29-11-5-9-23(15-29)10-8-17-12-25-20(28-19(17)23)16-6-3-2-4-7-16/h2-4,6-7,12-14H,5,8-11,15H2,1H3,(H,24,26,27). The number of amides is 1. The first-order valence-electron chi connectivity index (χ1n) is 10.4. The van der Waals surface area contributed by atoms with Gasteiger partial charge in [0.25, 0.3) is 5.91 Å². The molecule has 1 aromatic carbocycles. The van der Waals surface area contributed by atoms with Gasteiger partial charge in [0, 0.05) is 49.7 Å². The van der Waals surface area contributed by atoms with Crippen molar-refractivity contribution >= 4 is 11.9 Å². The molecule has 7 nitrogen and oxygen atoms in total. The van der Waals surface area contributed by atoms with Gasteiger partial charge < -0.3 is 10.2 Å². The van der Waals surface area contributed by atoms with Gasteiger partial charge in [0.15, 0.2) is 5.82 Å². The van der Waals surface area contributed by atoms with E-state index in [1.807, 2.05) is 41.4 Å². The predicted molar refractivity (Wildman–Crippen MR) is 114 cm³/mol. The summed E-state index contributed by atoms with van der Waals surface area (Å²) in [6, 6.07) is 10.1. The molecule has 2 aliphatic rings. The average molecular weight is 400 g/mol. The summed E-state index contributed by atoms with van der Waals surface area (Å²) in [5.74, 6) is 1.26. The minimum atomic E-state index is -0.0957. The van der Waals surface area contributed by atoms with Gasteiger partial charge in [-0.1, -0.05) is 30.3 Å². The predicted octanol–water partition coefficient (Wildman–Crippen LogP) is 3.10. The number of carbonyl (C=O) groups excluding carboxylic acids is 1. The molecule has 2 aromatic heterocycles. The number of benzene rings is 1. The molecular weight excluding hydrogens is 376 g/mol. The quantitative estimate of drug-likeness (QED) is 0.727. The van der Waals surface area contributed by atoms with Gasteiger partial charge in [-0.3, -0.25) is 4.79 Å². The number of likely N-dealkylation sites (tertiary alicyclic amines) is 1. The van der Waals surface area contributed by atoms with Crippen LogP contribution < -0.4 is 5.32 Å². The lowest BCUT2D eigenvalue weighted by atomic mass is 9.77. The van der Waals surface area contributed by atoms with E-state index in [0.717, 1.165) is 49.3 Å². The normalized spacial score (nSPS) is 20.2. The van der Waals surface area contributed by atoms with E-state index in [0.29, 0.717) is 18.1 Å². The van der Waals surface area contributed by atoms with Crippen molar-refractivity contribution in [3.63, 3.8) is 0 Å². The Labute approximate surface area is 175 Å². The maximum Gasteiger partial charge on any atom is 0.257 e. The molecule has 1 atom stereocenters. The summed E-state index contributed by atoms with van der Waals surface area (Å²) >= 11 is 0. The Hall–Kier alpha value is -3.35. The van der Waals surface area contributed by atoms with Crippen LogP contribution in [-0.2, 0) is 11.8 Å². The molecule has 0 radical (unpaired) electrons. The summed E-state index contributed by atoms with van der Waals surface area (Å²) in [5.41, 5.74) is 3.78. The van der Waals surface area contributed by atoms with Crippen LogP contribution in [0.4, 0.5) is 5.95 Å². The molecule has 1 N–H and O–H groups in total. The first-order chi connectivity index (χ1) is 14.7. The van der Waals surface area contributed by atoms with Gasteiger partial charge in [0.05, 0.1) is 11.3 Å². The zero-order valence-electron chi connectivity index (χ0n) is 17.0. The molecule has 1 aliphatic heterocycles. The number of anilines is 1. The van der Waals surface area contributed by atoms with Crippen LogP contribution in [0.3, 0.4) is 0 Å². The van der Waals surface area contributed by atoms with E-state index in [4.69, 9.17) is 4.98 Å². The van der Waals surface area contributed by atoms with Crippen molar-refractivity contribution in [1.82, 2.24) is 24.8 Å². The first-order valence-corrected chi connectivity index (χ1v) is 10.4. The van der Waals surface area contributed by atoms with Crippen LogP contribution in [0.25, 0.3) is 11.4 Å². The zero-order chi connectivity index (χ0) is 20.6. The van der Waals surface area contributed by atoms with Crippen molar-refractivity contribution in [1.29, 1.82) is 0 Å². The van der Waals surface area contributed by atoms with Crippen molar-refractivity contribution in [2.24, 2.45) is 0 Å². The second kappa shape index (κ2) is 7.48. The first kappa shape index (κ1) is 18.7. The largest absolute Gasteiger partial charge is 0.357 e. The fourth-order valence-corrected chi connectivity index (χ4v) is 4.72. The topological polar surface area (TPSA) is 83.9 Å². The molecule has 3 aromatic rings. The molecule has 30 heavy (non-hydrogen) atoms. The minimum absolute atomic E-state index is 0.0116. The Morgan fingerprint density at radius 2 is 1.87 bits per heavy atom. The van der Waals surface area contributed by atoms with E-state index in [9.17, 15) is 4.79 Å². The van der Waals surface area contributed by atoms with Gasteiger partial charge in [-0.2, -0.15) is 0 Å². The molecular formula is C23H24N6O. The van der Waals surface area contributed by atoms with Crippen molar-refractivity contribution in [2.45, 2.75) is 31.1 Å². The van der Waals surface area contributed by atoms with Crippen LogP contribution in [0.15, 0.2) is 48.9 Å². The summed E-state index contributed by atoms with van der Waals surface area (Å²) in [7, 11) is 1.76. The molecule has 7 heteroatoms. The zero-order valence-corrected chi connectivity index (χ0v) is 17.0. The second-order valence-corrected chi connectivity index (χ2v) is 8.09. The Balaban J connectivity index is 1.44. The van der Waals surface area contributed by atoms with E-state index in [1.165, 1.54) is 5.56 Å². The van der Waals surface area contributed by atoms with Crippen molar-refractivity contribution in [3.05, 3.63) is 65.7 Å². The molecule has 1 fully saturated rings. The number of nitrogens with one attached hydrogen (secondary N) is 1. The Kier molecular flexibility index (Phi) is 4.65. The number of nitrogens with zero attached hydrogens (tertiary/aromatic N) is 5. The fourth-order valence-electron chi connectivity index (χ4n) is 4.72. The van der Waals surface area contributed by atoms with Crippen LogP contribution in [0, 0.1) is 0 Å². The van der Waals surface area contributed by atoms with E-state index in [-0.39, 0.29) is 11.3 Å². The number of piperidine rings is 1. The van der Waals surface area contributed by atoms with Crippen LogP contribution in [0.5, 0.6) is 0 Å². The number of hydrogen-bond acceptors (Lipinski definition) is 6. The van der Waals surface area contributed by atoms with E-state index in [2.05, 4.69) is 20.3 Å². The lowest BCUT2D eigenvalue weighted by Gasteiger charge is -2.40. The third-order valence-electron chi connectivity index (χ3n) is 6.26.